The molecule has 7 nitrogen and oxygen atoms in total. The highest BCUT2D eigenvalue weighted by molar-refractivity contribution is 6.04. The smallest absolute Gasteiger partial charge is 0.336 e. The van der Waals surface area contributed by atoms with E-state index in [1.54, 1.807) is 23.9 Å². The molecular weight excluding hydrogens is 423 g/mol. The van der Waals surface area contributed by atoms with Gasteiger partial charge in [0.15, 0.2) is 5.82 Å². The highest BCUT2D eigenvalue weighted by Gasteiger charge is 2.17. The number of anilines is 1. The molecule has 1 aromatic heterocycles. The lowest BCUT2D eigenvalue weighted by Gasteiger charge is -2.10. The summed E-state index contributed by atoms with van der Waals surface area (Å²) in [4.78, 5) is 17.1. The standard InChI is InChI=1S/C25H23FN4O3/c1-17-6-3-4-9-22(17)23-28-25(33-15-14-32-2)29-30(23)21-8-5-7-20(16-21)27-24(31)18-10-12-19(26)13-11-18/h3-13,16H,14-15H2,1-2H3,(H,27,31). The van der Waals surface area contributed by atoms with Crippen molar-refractivity contribution in [1.82, 2.24) is 14.8 Å². The Balaban J connectivity index is 1.67. The van der Waals surface area contributed by atoms with Gasteiger partial charge in [0.2, 0.25) is 0 Å². The summed E-state index contributed by atoms with van der Waals surface area (Å²) in [6.45, 7) is 2.74. The summed E-state index contributed by atoms with van der Waals surface area (Å²) < 4.78 is 25.5. The predicted molar refractivity (Wildman–Crippen MR) is 123 cm³/mol. The van der Waals surface area contributed by atoms with Crippen molar-refractivity contribution in [1.29, 1.82) is 0 Å². The molecule has 4 aromatic rings. The molecule has 33 heavy (non-hydrogen) atoms. The molecule has 4 rings (SSSR count). The van der Waals surface area contributed by atoms with E-state index >= 15 is 0 Å². The van der Waals surface area contributed by atoms with Gasteiger partial charge in [0.05, 0.1) is 12.3 Å². The Bertz CT molecular complexity index is 1250. The number of carbonyl (C=O) groups is 1. The van der Waals surface area contributed by atoms with E-state index in [0.29, 0.717) is 36.0 Å². The predicted octanol–water partition coefficient (Wildman–Crippen LogP) is 4.66. The van der Waals surface area contributed by atoms with E-state index in [0.717, 1.165) is 11.1 Å². The second-order valence-corrected chi connectivity index (χ2v) is 7.30. The van der Waals surface area contributed by atoms with Gasteiger partial charge in [0.1, 0.15) is 12.4 Å². The minimum Gasteiger partial charge on any atom is -0.460 e. The van der Waals surface area contributed by atoms with Crippen molar-refractivity contribution < 1.29 is 18.7 Å². The fraction of sp³-hybridized carbons (Fsp3) is 0.160. The Kier molecular flexibility index (Phi) is 6.75. The van der Waals surface area contributed by atoms with Crippen molar-refractivity contribution in [2.75, 3.05) is 25.6 Å². The first kappa shape index (κ1) is 22.2. The monoisotopic (exact) mass is 446 g/mol. The number of aromatic nitrogens is 3. The molecule has 0 spiro atoms. The largest absolute Gasteiger partial charge is 0.460 e. The molecule has 0 saturated carbocycles. The van der Waals surface area contributed by atoms with Gasteiger partial charge in [-0.25, -0.2) is 9.07 Å². The van der Waals surface area contributed by atoms with Crippen LogP contribution in [0.15, 0.2) is 72.8 Å². The van der Waals surface area contributed by atoms with E-state index in [1.807, 2.05) is 43.3 Å². The van der Waals surface area contributed by atoms with Gasteiger partial charge in [0.25, 0.3) is 5.91 Å². The number of benzene rings is 3. The maximum Gasteiger partial charge on any atom is 0.336 e. The van der Waals surface area contributed by atoms with E-state index < -0.39 is 5.82 Å². The van der Waals surface area contributed by atoms with Crippen LogP contribution in [0.2, 0.25) is 0 Å². The van der Waals surface area contributed by atoms with Crippen molar-refractivity contribution in [2.45, 2.75) is 6.92 Å². The molecule has 1 amide bonds. The van der Waals surface area contributed by atoms with Crippen LogP contribution in [0.4, 0.5) is 10.1 Å². The second-order valence-electron chi connectivity index (χ2n) is 7.30. The number of hydrogen-bond acceptors (Lipinski definition) is 5. The van der Waals surface area contributed by atoms with E-state index in [-0.39, 0.29) is 11.9 Å². The maximum absolute atomic E-state index is 13.2. The number of ether oxygens (including phenoxy) is 2. The lowest BCUT2D eigenvalue weighted by molar-refractivity contribution is 0.102. The van der Waals surface area contributed by atoms with Gasteiger partial charge in [0, 0.05) is 23.9 Å². The first-order chi connectivity index (χ1) is 16.0. The number of halogens is 1. The quantitative estimate of drug-likeness (QED) is 0.398. The summed E-state index contributed by atoms with van der Waals surface area (Å²) in [6.07, 6.45) is 0. The Morgan fingerprint density at radius 1 is 1.03 bits per heavy atom. The molecule has 0 bridgehead atoms. The van der Waals surface area contributed by atoms with Gasteiger partial charge in [-0.3, -0.25) is 4.79 Å². The summed E-state index contributed by atoms with van der Waals surface area (Å²) in [5.41, 5.74) is 3.56. The minimum atomic E-state index is -0.396. The summed E-state index contributed by atoms with van der Waals surface area (Å²) in [6, 6.07) is 20.7. The van der Waals surface area contributed by atoms with E-state index in [9.17, 15) is 9.18 Å². The Labute approximate surface area is 190 Å². The zero-order chi connectivity index (χ0) is 23.2. The molecule has 1 N–H and O–H groups in total. The summed E-state index contributed by atoms with van der Waals surface area (Å²) in [7, 11) is 1.60. The van der Waals surface area contributed by atoms with Gasteiger partial charge in [-0.05, 0) is 55.0 Å². The molecule has 0 aliphatic rings. The molecule has 0 unspecified atom stereocenters. The summed E-state index contributed by atoms with van der Waals surface area (Å²) in [5, 5.41) is 7.37. The zero-order valence-electron chi connectivity index (χ0n) is 18.3. The van der Waals surface area contributed by atoms with Gasteiger partial charge in [-0.15, -0.1) is 5.10 Å². The number of nitrogens with zero attached hydrogens (tertiary/aromatic N) is 3. The van der Waals surface area contributed by atoms with Crippen LogP contribution in [0.25, 0.3) is 17.1 Å². The summed E-state index contributed by atoms with van der Waals surface area (Å²) >= 11 is 0. The number of nitrogens with one attached hydrogen (secondary N) is 1. The van der Waals surface area contributed by atoms with Crippen LogP contribution in [0, 0.1) is 12.7 Å². The molecule has 0 saturated heterocycles. The van der Waals surface area contributed by atoms with Crippen LogP contribution in [0.5, 0.6) is 6.01 Å². The van der Waals surface area contributed by atoms with Gasteiger partial charge in [-0.2, -0.15) is 4.98 Å². The Morgan fingerprint density at radius 2 is 1.82 bits per heavy atom. The van der Waals surface area contributed by atoms with Crippen LogP contribution in [-0.2, 0) is 4.74 Å². The molecule has 168 valence electrons. The number of methoxy groups -OCH3 is 1. The average Bonchev–Trinajstić information content (AvgIpc) is 3.24. The Hall–Kier alpha value is -4.04. The fourth-order valence-electron chi connectivity index (χ4n) is 3.27. The molecule has 1 heterocycles. The number of hydrogen-bond donors (Lipinski definition) is 1. The molecule has 8 heteroatoms. The van der Waals surface area contributed by atoms with Crippen LogP contribution in [-0.4, -0.2) is 41.0 Å². The molecule has 0 atom stereocenters. The number of rotatable bonds is 8. The van der Waals surface area contributed by atoms with Crippen molar-refractivity contribution >= 4 is 11.6 Å². The minimum absolute atomic E-state index is 0.228. The maximum atomic E-state index is 13.2. The SMILES string of the molecule is COCCOc1nc(-c2ccccc2C)n(-c2cccc(NC(=O)c3ccc(F)cc3)c2)n1. The lowest BCUT2D eigenvalue weighted by Crippen LogP contribution is -2.12. The van der Waals surface area contributed by atoms with Gasteiger partial charge < -0.3 is 14.8 Å². The van der Waals surface area contributed by atoms with Crippen molar-refractivity contribution in [2.24, 2.45) is 0 Å². The lowest BCUT2D eigenvalue weighted by atomic mass is 10.1. The Morgan fingerprint density at radius 3 is 2.58 bits per heavy atom. The normalized spacial score (nSPS) is 10.8. The highest BCUT2D eigenvalue weighted by Crippen LogP contribution is 2.27. The molecule has 0 fully saturated rings. The van der Waals surface area contributed by atoms with E-state index in [4.69, 9.17) is 9.47 Å². The van der Waals surface area contributed by atoms with Crippen LogP contribution < -0.4 is 10.1 Å². The fourth-order valence-corrected chi connectivity index (χ4v) is 3.27. The van der Waals surface area contributed by atoms with Gasteiger partial charge >= 0.3 is 6.01 Å². The molecule has 0 aliphatic carbocycles. The van der Waals surface area contributed by atoms with E-state index in [1.165, 1.54) is 24.3 Å². The molecule has 3 aromatic carbocycles. The number of carbonyl (C=O) groups excluding carboxylic acids is 1. The highest BCUT2D eigenvalue weighted by atomic mass is 19.1. The average molecular weight is 446 g/mol. The first-order valence-corrected chi connectivity index (χ1v) is 10.4. The zero-order valence-corrected chi connectivity index (χ0v) is 18.3. The van der Waals surface area contributed by atoms with Crippen LogP contribution >= 0.6 is 0 Å². The topological polar surface area (TPSA) is 78.3 Å². The first-order valence-electron chi connectivity index (χ1n) is 10.4. The molecule has 0 radical (unpaired) electrons. The number of amides is 1. The van der Waals surface area contributed by atoms with Crippen molar-refractivity contribution in [3.05, 3.63) is 89.7 Å². The third kappa shape index (κ3) is 5.24. The third-order valence-electron chi connectivity index (χ3n) is 4.95. The number of aryl methyl sites for hydroxylation is 1. The van der Waals surface area contributed by atoms with Crippen molar-refractivity contribution in [3.8, 4) is 23.1 Å². The molecule has 0 aliphatic heterocycles. The third-order valence-corrected chi connectivity index (χ3v) is 4.95. The van der Waals surface area contributed by atoms with Crippen LogP contribution in [0.3, 0.4) is 0 Å². The van der Waals surface area contributed by atoms with Gasteiger partial charge in [-0.1, -0.05) is 30.3 Å². The van der Waals surface area contributed by atoms with Crippen molar-refractivity contribution in [3.63, 3.8) is 0 Å². The molecular formula is C25H23FN4O3. The van der Waals surface area contributed by atoms with E-state index in [2.05, 4.69) is 15.4 Å². The second kappa shape index (κ2) is 10.1. The van der Waals surface area contributed by atoms with Crippen LogP contribution in [0.1, 0.15) is 15.9 Å². The summed E-state index contributed by atoms with van der Waals surface area (Å²) in [5.74, 6) is -0.122.